The van der Waals surface area contributed by atoms with Gasteiger partial charge in [0.1, 0.15) is 0 Å². The van der Waals surface area contributed by atoms with Crippen LogP contribution in [0.5, 0.6) is 0 Å². The molecule has 0 aliphatic rings. The molecule has 136 valence electrons. The fraction of sp³-hybridized carbons (Fsp3) is 0.136. The van der Waals surface area contributed by atoms with Gasteiger partial charge in [0.2, 0.25) is 11.8 Å². The topological polar surface area (TPSA) is 70.6 Å². The molecule has 0 fully saturated rings. The van der Waals surface area contributed by atoms with E-state index in [9.17, 15) is 9.59 Å². The van der Waals surface area contributed by atoms with Crippen LogP contribution in [0, 0.1) is 0 Å². The highest BCUT2D eigenvalue weighted by Gasteiger charge is 2.07. The first-order valence-corrected chi connectivity index (χ1v) is 8.79. The Balaban J connectivity index is 1.51. The predicted molar refractivity (Wildman–Crippen MR) is 109 cm³/mol. The largest absolute Gasteiger partial charge is 0.326 e. The van der Waals surface area contributed by atoms with Crippen molar-refractivity contribution in [2.24, 2.45) is 5.10 Å². The van der Waals surface area contributed by atoms with Gasteiger partial charge >= 0.3 is 0 Å². The molecule has 2 N–H and O–H groups in total. The molecule has 0 saturated heterocycles. The molecule has 0 radical (unpaired) electrons. The highest BCUT2D eigenvalue weighted by Crippen LogP contribution is 2.16. The number of nitrogens with zero attached hydrogens (tertiary/aromatic N) is 1. The van der Waals surface area contributed by atoms with Gasteiger partial charge in [-0.15, -0.1) is 0 Å². The molecule has 5 heteroatoms. The summed E-state index contributed by atoms with van der Waals surface area (Å²) in [6.45, 7) is 1.84. The van der Waals surface area contributed by atoms with Crippen molar-refractivity contribution in [1.82, 2.24) is 5.43 Å². The van der Waals surface area contributed by atoms with Crippen molar-refractivity contribution in [3.05, 3.63) is 78.4 Å². The van der Waals surface area contributed by atoms with Crippen LogP contribution in [-0.4, -0.2) is 17.5 Å². The van der Waals surface area contributed by atoms with Crippen molar-refractivity contribution in [2.75, 3.05) is 5.32 Å². The molecule has 0 heterocycles. The molecule has 0 unspecified atom stereocenters. The normalized spacial score (nSPS) is 11.2. The number of hydrogen-bond acceptors (Lipinski definition) is 3. The lowest BCUT2D eigenvalue weighted by Crippen LogP contribution is -2.21. The minimum Gasteiger partial charge on any atom is -0.326 e. The van der Waals surface area contributed by atoms with Crippen molar-refractivity contribution >= 4 is 34.0 Å². The quantitative estimate of drug-likeness (QED) is 0.514. The zero-order chi connectivity index (χ0) is 19.1. The maximum absolute atomic E-state index is 11.9. The third-order valence-corrected chi connectivity index (χ3v) is 4.15. The SMILES string of the molecule is C/C(=N\NC(=O)CCC(=O)Nc1ccccc1)c1ccc2ccccc2c1. The molecule has 2 amide bonds. The molecule has 3 rings (SSSR count). The monoisotopic (exact) mass is 359 g/mol. The van der Waals surface area contributed by atoms with Crippen LogP contribution in [0.1, 0.15) is 25.3 Å². The van der Waals surface area contributed by atoms with Gasteiger partial charge in [-0.25, -0.2) is 5.43 Å². The highest BCUT2D eigenvalue weighted by molar-refractivity contribution is 6.02. The van der Waals surface area contributed by atoms with E-state index in [-0.39, 0.29) is 24.7 Å². The summed E-state index contributed by atoms with van der Waals surface area (Å²) in [5, 5.41) is 9.17. The standard InChI is InChI=1S/C22H21N3O2/c1-16(18-12-11-17-7-5-6-8-19(17)15-18)24-25-22(27)14-13-21(26)23-20-9-3-2-4-10-20/h2-12,15H,13-14H2,1H3,(H,23,26)(H,25,27)/b24-16+. The molecule has 0 atom stereocenters. The van der Waals surface area contributed by atoms with E-state index >= 15 is 0 Å². The van der Waals surface area contributed by atoms with E-state index in [4.69, 9.17) is 0 Å². The Morgan fingerprint density at radius 1 is 0.815 bits per heavy atom. The van der Waals surface area contributed by atoms with Crippen LogP contribution in [-0.2, 0) is 9.59 Å². The number of para-hydroxylation sites is 1. The second kappa shape index (κ2) is 8.76. The van der Waals surface area contributed by atoms with E-state index in [0.29, 0.717) is 11.4 Å². The van der Waals surface area contributed by atoms with Crippen LogP contribution in [0.3, 0.4) is 0 Å². The second-order valence-corrected chi connectivity index (χ2v) is 6.21. The smallest absolute Gasteiger partial charge is 0.240 e. The van der Waals surface area contributed by atoms with E-state index in [1.165, 1.54) is 0 Å². The Hall–Kier alpha value is -3.47. The Morgan fingerprint density at radius 2 is 1.48 bits per heavy atom. The zero-order valence-corrected chi connectivity index (χ0v) is 15.1. The molecule has 3 aromatic carbocycles. The van der Waals surface area contributed by atoms with E-state index < -0.39 is 0 Å². The van der Waals surface area contributed by atoms with Crippen LogP contribution in [0.25, 0.3) is 10.8 Å². The minimum absolute atomic E-state index is 0.0766. The van der Waals surface area contributed by atoms with Crippen LogP contribution in [0.2, 0.25) is 0 Å². The molecule has 0 aromatic heterocycles. The molecule has 27 heavy (non-hydrogen) atoms. The van der Waals surface area contributed by atoms with Crippen LogP contribution in [0.15, 0.2) is 77.9 Å². The predicted octanol–water partition coefficient (Wildman–Crippen LogP) is 4.10. The molecule has 3 aromatic rings. The second-order valence-electron chi connectivity index (χ2n) is 6.21. The van der Waals surface area contributed by atoms with E-state index in [2.05, 4.69) is 15.8 Å². The number of rotatable bonds is 6. The molecule has 5 nitrogen and oxygen atoms in total. The molecule has 0 aliphatic carbocycles. The van der Waals surface area contributed by atoms with Crippen molar-refractivity contribution in [3.8, 4) is 0 Å². The number of benzene rings is 3. The maximum Gasteiger partial charge on any atom is 0.240 e. The van der Waals surface area contributed by atoms with Crippen molar-refractivity contribution in [1.29, 1.82) is 0 Å². The van der Waals surface area contributed by atoms with E-state index in [0.717, 1.165) is 16.3 Å². The minimum atomic E-state index is -0.293. The van der Waals surface area contributed by atoms with Crippen LogP contribution < -0.4 is 10.7 Å². The van der Waals surface area contributed by atoms with Gasteiger partial charge in [-0.2, -0.15) is 5.10 Å². The summed E-state index contributed by atoms with van der Waals surface area (Å²) in [6, 6.07) is 23.3. The number of hydrazone groups is 1. The third-order valence-electron chi connectivity index (χ3n) is 4.15. The van der Waals surface area contributed by atoms with Crippen molar-refractivity contribution in [3.63, 3.8) is 0 Å². The number of carbonyl (C=O) groups excluding carboxylic acids is 2. The summed E-state index contributed by atoms with van der Waals surface area (Å²) < 4.78 is 0. The number of anilines is 1. The summed E-state index contributed by atoms with van der Waals surface area (Å²) >= 11 is 0. The molecular weight excluding hydrogens is 338 g/mol. The lowest BCUT2D eigenvalue weighted by atomic mass is 10.0. The lowest BCUT2D eigenvalue weighted by Gasteiger charge is -2.06. The number of nitrogens with one attached hydrogen (secondary N) is 2. The first-order chi connectivity index (χ1) is 13.1. The summed E-state index contributed by atoms with van der Waals surface area (Å²) in [5.74, 6) is -0.495. The summed E-state index contributed by atoms with van der Waals surface area (Å²) in [7, 11) is 0. The van der Waals surface area contributed by atoms with Gasteiger partial charge in [0.15, 0.2) is 0 Å². The molecule has 0 saturated carbocycles. The number of carbonyl (C=O) groups is 2. The van der Waals surface area contributed by atoms with E-state index in [1.807, 2.05) is 67.6 Å². The first-order valence-electron chi connectivity index (χ1n) is 8.79. The Bertz CT molecular complexity index is 981. The van der Waals surface area contributed by atoms with Gasteiger partial charge in [0, 0.05) is 18.5 Å². The Morgan fingerprint density at radius 3 is 2.26 bits per heavy atom. The number of amides is 2. The highest BCUT2D eigenvalue weighted by atomic mass is 16.2. The Kier molecular flexibility index (Phi) is 5.94. The average Bonchev–Trinajstić information content (AvgIpc) is 2.71. The average molecular weight is 359 g/mol. The van der Waals surface area contributed by atoms with Gasteiger partial charge in [-0.1, -0.05) is 54.6 Å². The van der Waals surface area contributed by atoms with Gasteiger partial charge in [-0.3, -0.25) is 9.59 Å². The lowest BCUT2D eigenvalue weighted by molar-refractivity contribution is -0.124. The van der Waals surface area contributed by atoms with Gasteiger partial charge in [0.05, 0.1) is 5.71 Å². The molecule has 0 spiro atoms. The first kappa shape index (κ1) is 18.3. The van der Waals surface area contributed by atoms with Gasteiger partial charge < -0.3 is 5.32 Å². The van der Waals surface area contributed by atoms with E-state index in [1.54, 1.807) is 12.1 Å². The van der Waals surface area contributed by atoms with Gasteiger partial charge in [0.25, 0.3) is 0 Å². The van der Waals surface area contributed by atoms with Gasteiger partial charge in [-0.05, 0) is 41.5 Å². The van der Waals surface area contributed by atoms with Crippen molar-refractivity contribution in [2.45, 2.75) is 19.8 Å². The summed E-state index contributed by atoms with van der Waals surface area (Å²) in [6.07, 6.45) is 0.179. The van der Waals surface area contributed by atoms with Crippen LogP contribution >= 0.6 is 0 Å². The number of hydrogen-bond donors (Lipinski definition) is 2. The Labute approximate surface area is 158 Å². The molecule has 0 bridgehead atoms. The fourth-order valence-corrected chi connectivity index (χ4v) is 2.65. The summed E-state index contributed by atoms with van der Waals surface area (Å²) in [5.41, 5.74) is 4.88. The van der Waals surface area contributed by atoms with Crippen molar-refractivity contribution < 1.29 is 9.59 Å². The summed E-state index contributed by atoms with van der Waals surface area (Å²) in [4.78, 5) is 23.8. The zero-order valence-electron chi connectivity index (χ0n) is 15.1. The maximum atomic E-state index is 11.9. The van der Waals surface area contributed by atoms with Crippen LogP contribution in [0.4, 0.5) is 5.69 Å². The molecule has 0 aliphatic heterocycles. The molecular formula is C22H21N3O2. The number of fused-ring (bicyclic) bond motifs is 1. The third kappa shape index (κ3) is 5.25. The fourth-order valence-electron chi connectivity index (χ4n) is 2.65.